The van der Waals surface area contributed by atoms with Crippen molar-refractivity contribution < 1.29 is 0 Å². The zero-order chi connectivity index (χ0) is 11.6. The summed E-state index contributed by atoms with van der Waals surface area (Å²) in [5.41, 5.74) is 5.01. The lowest BCUT2D eigenvalue weighted by Crippen LogP contribution is -1.97. The van der Waals surface area contributed by atoms with Crippen molar-refractivity contribution in [2.45, 2.75) is 39.0 Å². The van der Waals surface area contributed by atoms with Crippen molar-refractivity contribution in [3.8, 4) is 0 Å². The maximum absolute atomic E-state index is 4.83. The van der Waals surface area contributed by atoms with Gasteiger partial charge >= 0.3 is 0 Å². The third kappa shape index (κ3) is 1.43. The van der Waals surface area contributed by atoms with Crippen LogP contribution in [0.4, 0.5) is 0 Å². The van der Waals surface area contributed by atoms with Gasteiger partial charge < -0.3 is 4.98 Å². The van der Waals surface area contributed by atoms with Crippen LogP contribution in [0.15, 0.2) is 12.1 Å². The van der Waals surface area contributed by atoms with E-state index in [9.17, 15) is 0 Å². The van der Waals surface area contributed by atoms with Crippen molar-refractivity contribution in [1.82, 2.24) is 9.97 Å². The molecular formula is C15H18N2. The number of H-pyrrole nitrogens is 1. The number of hydrogen-bond donors (Lipinski definition) is 1. The Bertz CT molecular complexity index is 586. The quantitative estimate of drug-likeness (QED) is 0.789. The minimum Gasteiger partial charge on any atom is -0.342 e. The highest BCUT2D eigenvalue weighted by Crippen LogP contribution is 2.57. The highest BCUT2D eigenvalue weighted by molar-refractivity contribution is 5.79. The number of fused-ring (bicyclic) bond motifs is 2. The Morgan fingerprint density at radius 2 is 1.88 bits per heavy atom. The summed E-state index contributed by atoms with van der Waals surface area (Å²) in [6.45, 7) is 4.31. The second kappa shape index (κ2) is 3.12. The van der Waals surface area contributed by atoms with Crippen LogP contribution >= 0.6 is 0 Å². The molecule has 2 aliphatic carbocycles. The fourth-order valence-electron chi connectivity index (χ4n) is 3.62. The molecule has 2 fully saturated rings. The lowest BCUT2D eigenvalue weighted by molar-refractivity contribution is 0.597. The summed E-state index contributed by atoms with van der Waals surface area (Å²) in [7, 11) is 0. The second-order valence-electron chi connectivity index (χ2n) is 6.02. The van der Waals surface area contributed by atoms with E-state index in [1.807, 2.05) is 0 Å². The van der Waals surface area contributed by atoms with Crippen LogP contribution in [0.2, 0.25) is 0 Å². The Hall–Kier alpha value is -1.31. The molecule has 17 heavy (non-hydrogen) atoms. The van der Waals surface area contributed by atoms with Crippen molar-refractivity contribution in [3.05, 3.63) is 29.1 Å². The fraction of sp³-hybridized carbons (Fsp3) is 0.533. The van der Waals surface area contributed by atoms with Crippen LogP contribution in [0.5, 0.6) is 0 Å². The summed E-state index contributed by atoms with van der Waals surface area (Å²) >= 11 is 0. The molecule has 1 aromatic heterocycles. The van der Waals surface area contributed by atoms with Crippen LogP contribution < -0.4 is 0 Å². The van der Waals surface area contributed by atoms with Crippen molar-refractivity contribution >= 4 is 11.0 Å². The van der Waals surface area contributed by atoms with Gasteiger partial charge in [-0.05, 0) is 62.1 Å². The zero-order valence-corrected chi connectivity index (χ0v) is 10.5. The first-order valence-corrected chi connectivity index (χ1v) is 6.67. The topological polar surface area (TPSA) is 28.7 Å². The lowest BCUT2D eigenvalue weighted by atomic mass is 10.0. The monoisotopic (exact) mass is 226 g/mol. The summed E-state index contributed by atoms with van der Waals surface area (Å²) in [5.74, 6) is 3.99. The maximum Gasteiger partial charge on any atom is 0.110 e. The van der Waals surface area contributed by atoms with E-state index in [0.717, 1.165) is 11.8 Å². The van der Waals surface area contributed by atoms with Gasteiger partial charge in [0, 0.05) is 5.92 Å². The Labute approximate surface area is 101 Å². The van der Waals surface area contributed by atoms with Gasteiger partial charge in [-0.1, -0.05) is 6.07 Å². The molecule has 2 heteroatoms. The molecule has 88 valence electrons. The van der Waals surface area contributed by atoms with E-state index in [1.165, 1.54) is 47.2 Å². The average Bonchev–Trinajstić information content (AvgIpc) is 2.76. The van der Waals surface area contributed by atoms with Gasteiger partial charge in [0.2, 0.25) is 0 Å². The average molecular weight is 226 g/mol. The van der Waals surface area contributed by atoms with Crippen LogP contribution in [-0.2, 0) is 0 Å². The summed E-state index contributed by atoms with van der Waals surface area (Å²) in [6, 6.07) is 4.44. The van der Waals surface area contributed by atoms with Gasteiger partial charge in [0.15, 0.2) is 0 Å². The highest BCUT2D eigenvalue weighted by atomic mass is 14.9. The van der Waals surface area contributed by atoms with Gasteiger partial charge in [0.1, 0.15) is 5.82 Å². The molecule has 0 spiro atoms. The molecule has 2 aromatic rings. The molecule has 0 aliphatic heterocycles. The minimum absolute atomic E-state index is 0.700. The van der Waals surface area contributed by atoms with E-state index in [1.54, 1.807) is 0 Å². The molecule has 1 aromatic carbocycles. The smallest absolute Gasteiger partial charge is 0.110 e. The van der Waals surface area contributed by atoms with Crippen molar-refractivity contribution in [1.29, 1.82) is 0 Å². The van der Waals surface area contributed by atoms with Gasteiger partial charge in [-0.3, -0.25) is 0 Å². The van der Waals surface area contributed by atoms with E-state index in [2.05, 4.69) is 31.0 Å². The molecule has 0 bridgehead atoms. The van der Waals surface area contributed by atoms with Gasteiger partial charge in [-0.25, -0.2) is 4.98 Å². The van der Waals surface area contributed by atoms with Gasteiger partial charge in [0.05, 0.1) is 11.0 Å². The number of benzene rings is 1. The molecule has 2 saturated carbocycles. The number of hydrogen-bond acceptors (Lipinski definition) is 1. The third-order valence-corrected chi connectivity index (χ3v) is 4.57. The molecule has 0 radical (unpaired) electrons. The number of aromatic nitrogens is 2. The van der Waals surface area contributed by atoms with Crippen molar-refractivity contribution in [2.24, 2.45) is 11.8 Å². The number of aromatic amines is 1. The molecule has 0 saturated heterocycles. The van der Waals surface area contributed by atoms with Crippen LogP contribution in [0.1, 0.15) is 42.1 Å². The van der Waals surface area contributed by atoms with E-state index in [4.69, 9.17) is 4.98 Å². The molecule has 2 unspecified atom stereocenters. The predicted octanol–water partition coefficient (Wildman–Crippen LogP) is 3.69. The Morgan fingerprint density at radius 1 is 1.12 bits per heavy atom. The van der Waals surface area contributed by atoms with Crippen LogP contribution in [0.25, 0.3) is 11.0 Å². The molecule has 2 atom stereocenters. The van der Waals surface area contributed by atoms with Crippen LogP contribution in [0, 0.1) is 25.7 Å². The Morgan fingerprint density at radius 3 is 2.65 bits per heavy atom. The molecule has 1 heterocycles. The predicted molar refractivity (Wildman–Crippen MR) is 69.1 cm³/mol. The first-order valence-electron chi connectivity index (χ1n) is 6.67. The van der Waals surface area contributed by atoms with Crippen molar-refractivity contribution in [3.63, 3.8) is 0 Å². The molecule has 2 aliphatic rings. The number of nitrogens with zero attached hydrogens (tertiary/aromatic N) is 1. The van der Waals surface area contributed by atoms with Crippen molar-refractivity contribution in [2.75, 3.05) is 0 Å². The summed E-state index contributed by atoms with van der Waals surface area (Å²) < 4.78 is 0. The van der Waals surface area contributed by atoms with E-state index in [-0.39, 0.29) is 0 Å². The number of aryl methyl sites for hydroxylation is 2. The normalized spacial score (nSPS) is 30.8. The number of nitrogens with one attached hydrogen (secondary N) is 1. The van der Waals surface area contributed by atoms with E-state index >= 15 is 0 Å². The zero-order valence-electron chi connectivity index (χ0n) is 10.5. The van der Waals surface area contributed by atoms with E-state index < -0.39 is 0 Å². The standard InChI is InChI=1S/C15H18N2/c1-8-3-9(2)14-13(4-8)16-15(17-14)12-6-10-5-11(10)7-12/h3-4,10-12H,5-7H2,1-2H3,(H,16,17). The molecule has 4 rings (SSSR count). The first-order chi connectivity index (χ1) is 8.20. The van der Waals surface area contributed by atoms with Crippen LogP contribution in [-0.4, -0.2) is 9.97 Å². The maximum atomic E-state index is 4.83. The lowest BCUT2D eigenvalue weighted by Gasteiger charge is -2.06. The van der Waals surface area contributed by atoms with E-state index in [0.29, 0.717) is 5.92 Å². The fourth-order valence-corrected chi connectivity index (χ4v) is 3.62. The van der Waals surface area contributed by atoms with Gasteiger partial charge in [-0.15, -0.1) is 0 Å². The molecule has 2 nitrogen and oxygen atoms in total. The van der Waals surface area contributed by atoms with Crippen LogP contribution in [0.3, 0.4) is 0 Å². The summed E-state index contributed by atoms with van der Waals surface area (Å²) in [4.78, 5) is 8.38. The first kappa shape index (κ1) is 9.69. The van der Waals surface area contributed by atoms with Gasteiger partial charge in [-0.2, -0.15) is 0 Å². The molecular weight excluding hydrogens is 208 g/mol. The molecule has 1 N–H and O–H groups in total. The summed E-state index contributed by atoms with van der Waals surface area (Å²) in [5, 5.41) is 0. The largest absolute Gasteiger partial charge is 0.342 e. The number of imidazole rings is 1. The molecule has 0 amide bonds. The third-order valence-electron chi connectivity index (χ3n) is 4.57. The summed E-state index contributed by atoms with van der Waals surface area (Å²) in [6.07, 6.45) is 4.21. The number of rotatable bonds is 1. The Kier molecular flexibility index (Phi) is 1.78. The Balaban J connectivity index is 1.79. The highest BCUT2D eigenvalue weighted by Gasteiger charge is 2.46. The minimum atomic E-state index is 0.700. The SMILES string of the molecule is Cc1cc(C)c2nc(C3CC4CC4C3)[nH]c2c1. The second-order valence-corrected chi connectivity index (χ2v) is 6.02. The van der Waals surface area contributed by atoms with Gasteiger partial charge in [0.25, 0.3) is 0 Å².